The van der Waals surface area contributed by atoms with E-state index >= 15 is 4.39 Å². The zero-order valence-corrected chi connectivity index (χ0v) is 17.2. The number of aromatic nitrogens is 1. The Kier molecular flexibility index (Phi) is 5.11. The number of ether oxygens (including phenoxy) is 1. The van der Waals surface area contributed by atoms with Crippen molar-refractivity contribution in [2.24, 2.45) is 11.7 Å². The van der Waals surface area contributed by atoms with E-state index in [4.69, 9.17) is 10.5 Å². The number of carbonyl (C=O) groups is 1. The summed E-state index contributed by atoms with van der Waals surface area (Å²) in [6.45, 7) is 7.13. The van der Waals surface area contributed by atoms with Gasteiger partial charge in [-0.1, -0.05) is 0 Å². The van der Waals surface area contributed by atoms with Crippen LogP contribution in [0.25, 0.3) is 10.9 Å². The SMILES string of the molecule is CCOC(=O)c1cc(=O)n(C2CC2)c2c(C)c(N3CC[C@@H]([C@H](C)N)C3)c(F)cc12. The number of rotatable bonds is 5. The van der Waals surface area contributed by atoms with Crippen LogP contribution in [0.15, 0.2) is 16.9 Å². The predicted molar refractivity (Wildman–Crippen MR) is 111 cm³/mol. The Hall–Kier alpha value is -2.41. The van der Waals surface area contributed by atoms with Gasteiger partial charge in [0.1, 0.15) is 5.82 Å². The highest BCUT2D eigenvalue weighted by Crippen LogP contribution is 2.41. The molecule has 0 bridgehead atoms. The van der Waals surface area contributed by atoms with E-state index in [-0.39, 0.29) is 35.6 Å². The fraction of sp³-hybridized carbons (Fsp3) is 0.545. The minimum absolute atomic E-state index is 0.0453. The van der Waals surface area contributed by atoms with Gasteiger partial charge in [0.25, 0.3) is 5.56 Å². The average Bonchev–Trinajstić information content (AvgIpc) is 3.38. The van der Waals surface area contributed by atoms with Gasteiger partial charge in [0.2, 0.25) is 0 Å². The summed E-state index contributed by atoms with van der Waals surface area (Å²) in [6, 6.07) is 2.83. The number of aryl methyl sites for hydroxylation is 1. The first-order valence-electron chi connectivity index (χ1n) is 10.4. The van der Waals surface area contributed by atoms with Crippen molar-refractivity contribution in [2.75, 3.05) is 24.6 Å². The molecular formula is C22H28FN3O3. The highest BCUT2D eigenvalue weighted by atomic mass is 19.1. The topological polar surface area (TPSA) is 77.6 Å². The number of anilines is 1. The first kappa shape index (κ1) is 19.9. The number of hydrogen-bond acceptors (Lipinski definition) is 5. The molecule has 7 heteroatoms. The smallest absolute Gasteiger partial charge is 0.339 e. The molecule has 29 heavy (non-hydrogen) atoms. The maximum Gasteiger partial charge on any atom is 0.339 e. The van der Waals surface area contributed by atoms with Crippen molar-refractivity contribution >= 4 is 22.6 Å². The molecule has 2 heterocycles. The van der Waals surface area contributed by atoms with E-state index in [1.807, 2.05) is 18.7 Å². The second kappa shape index (κ2) is 7.44. The van der Waals surface area contributed by atoms with Crippen LogP contribution in [-0.4, -0.2) is 36.3 Å². The number of pyridine rings is 1. The summed E-state index contributed by atoms with van der Waals surface area (Å²) in [4.78, 5) is 27.4. The first-order valence-corrected chi connectivity index (χ1v) is 10.4. The monoisotopic (exact) mass is 401 g/mol. The zero-order chi connectivity index (χ0) is 20.9. The van der Waals surface area contributed by atoms with Crippen molar-refractivity contribution in [1.82, 2.24) is 4.57 Å². The van der Waals surface area contributed by atoms with E-state index in [2.05, 4.69) is 0 Å². The number of carbonyl (C=O) groups excluding carboxylic acids is 1. The summed E-state index contributed by atoms with van der Waals surface area (Å²) in [7, 11) is 0. The summed E-state index contributed by atoms with van der Waals surface area (Å²) < 4.78 is 22.2. The van der Waals surface area contributed by atoms with Crippen molar-refractivity contribution in [1.29, 1.82) is 0 Å². The zero-order valence-electron chi connectivity index (χ0n) is 17.2. The first-order chi connectivity index (χ1) is 13.8. The maximum atomic E-state index is 15.3. The normalized spacial score (nSPS) is 20.3. The number of fused-ring (bicyclic) bond motifs is 1. The molecular weight excluding hydrogens is 373 g/mol. The molecule has 1 aromatic heterocycles. The summed E-state index contributed by atoms with van der Waals surface area (Å²) in [5, 5.41) is 0.441. The molecule has 4 rings (SSSR count). The molecule has 2 aromatic rings. The quantitative estimate of drug-likeness (QED) is 0.779. The van der Waals surface area contributed by atoms with E-state index in [0.29, 0.717) is 34.6 Å². The van der Waals surface area contributed by atoms with Crippen molar-refractivity contribution in [3.8, 4) is 0 Å². The molecule has 1 saturated carbocycles. The third-order valence-corrected chi connectivity index (χ3v) is 6.19. The Morgan fingerprint density at radius 3 is 2.66 bits per heavy atom. The standard InChI is InChI=1S/C22H28FN3O3/c1-4-29-22(28)17-10-19(27)26(15-5-6-15)20-12(2)21(18(23)9-16(17)20)25-8-7-14(11-25)13(3)24/h9-10,13-15H,4-8,11,24H2,1-3H3/t13-,14+/m0/s1. The van der Waals surface area contributed by atoms with E-state index in [1.165, 1.54) is 12.1 Å². The van der Waals surface area contributed by atoms with Crippen molar-refractivity contribution in [3.05, 3.63) is 39.4 Å². The molecule has 0 radical (unpaired) electrons. The third kappa shape index (κ3) is 3.41. The molecule has 1 aliphatic heterocycles. The van der Waals surface area contributed by atoms with Gasteiger partial charge in [0.15, 0.2) is 0 Å². The Morgan fingerprint density at radius 2 is 2.07 bits per heavy atom. The van der Waals surface area contributed by atoms with Crippen molar-refractivity contribution in [2.45, 2.75) is 52.1 Å². The second-order valence-corrected chi connectivity index (χ2v) is 8.30. The molecule has 0 amide bonds. The number of hydrogen-bond donors (Lipinski definition) is 1. The summed E-state index contributed by atoms with van der Waals surface area (Å²) in [6.07, 6.45) is 2.74. The van der Waals surface area contributed by atoms with E-state index in [1.54, 1.807) is 11.5 Å². The molecule has 6 nitrogen and oxygen atoms in total. The van der Waals surface area contributed by atoms with Crippen LogP contribution in [0.3, 0.4) is 0 Å². The second-order valence-electron chi connectivity index (χ2n) is 8.30. The summed E-state index contributed by atoms with van der Waals surface area (Å²) in [5.41, 5.74) is 7.80. The van der Waals surface area contributed by atoms with Gasteiger partial charge >= 0.3 is 5.97 Å². The van der Waals surface area contributed by atoms with Gasteiger partial charge < -0.3 is 19.9 Å². The van der Waals surface area contributed by atoms with Crippen LogP contribution in [0.1, 0.15) is 55.1 Å². The highest BCUT2D eigenvalue weighted by molar-refractivity contribution is 6.05. The largest absolute Gasteiger partial charge is 0.462 e. The average molecular weight is 401 g/mol. The Bertz CT molecular complexity index is 1030. The van der Waals surface area contributed by atoms with Crippen LogP contribution in [0, 0.1) is 18.7 Å². The molecule has 2 atom stereocenters. The van der Waals surface area contributed by atoms with Gasteiger partial charge in [-0.3, -0.25) is 4.79 Å². The van der Waals surface area contributed by atoms with Gasteiger partial charge in [-0.25, -0.2) is 9.18 Å². The lowest BCUT2D eigenvalue weighted by Gasteiger charge is -2.25. The van der Waals surface area contributed by atoms with E-state index in [9.17, 15) is 9.59 Å². The van der Waals surface area contributed by atoms with Crippen LogP contribution >= 0.6 is 0 Å². The van der Waals surface area contributed by atoms with E-state index < -0.39 is 5.97 Å². The predicted octanol–water partition coefficient (Wildman–Crippen LogP) is 3.13. The molecule has 2 N–H and O–H groups in total. The van der Waals surface area contributed by atoms with Crippen LogP contribution in [0.2, 0.25) is 0 Å². The van der Waals surface area contributed by atoms with Gasteiger partial charge in [-0.05, 0) is 57.6 Å². The highest BCUT2D eigenvalue weighted by Gasteiger charge is 2.32. The number of esters is 1. The lowest BCUT2D eigenvalue weighted by atomic mass is 10.0. The third-order valence-electron chi connectivity index (χ3n) is 6.19. The number of benzene rings is 1. The van der Waals surface area contributed by atoms with Gasteiger partial charge in [0.05, 0.1) is 23.4 Å². The minimum Gasteiger partial charge on any atom is -0.462 e. The van der Waals surface area contributed by atoms with E-state index in [0.717, 1.165) is 25.8 Å². The number of halogens is 1. The molecule has 1 aliphatic carbocycles. The lowest BCUT2D eigenvalue weighted by molar-refractivity contribution is 0.0528. The number of nitrogens with two attached hydrogens (primary N) is 1. The fourth-order valence-electron chi connectivity index (χ4n) is 4.53. The molecule has 1 saturated heterocycles. The molecule has 1 aromatic carbocycles. The van der Waals surface area contributed by atoms with Crippen molar-refractivity contribution in [3.63, 3.8) is 0 Å². The van der Waals surface area contributed by atoms with Crippen molar-refractivity contribution < 1.29 is 13.9 Å². The maximum absolute atomic E-state index is 15.3. The van der Waals surface area contributed by atoms with Crippen LogP contribution in [0.4, 0.5) is 10.1 Å². The summed E-state index contributed by atoms with van der Waals surface area (Å²) >= 11 is 0. The Labute approximate surface area is 169 Å². The molecule has 156 valence electrons. The van der Waals surface area contributed by atoms with Crippen LogP contribution < -0.4 is 16.2 Å². The summed E-state index contributed by atoms with van der Waals surface area (Å²) in [5.74, 6) is -0.671. The van der Waals surface area contributed by atoms with Gasteiger partial charge in [-0.15, -0.1) is 0 Å². The Morgan fingerprint density at radius 1 is 1.34 bits per heavy atom. The lowest BCUT2D eigenvalue weighted by Crippen LogP contribution is -2.30. The molecule has 0 spiro atoms. The minimum atomic E-state index is -0.595. The van der Waals surface area contributed by atoms with Crippen LogP contribution in [-0.2, 0) is 4.74 Å². The molecule has 0 unspecified atom stereocenters. The molecule has 2 fully saturated rings. The fourth-order valence-corrected chi connectivity index (χ4v) is 4.53. The number of nitrogens with zero attached hydrogens (tertiary/aromatic N) is 2. The van der Waals surface area contributed by atoms with Gasteiger partial charge in [-0.2, -0.15) is 0 Å². The molecule has 2 aliphatic rings. The Balaban J connectivity index is 1.94. The van der Waals surface area contributed by atoms with Crippen LogP contribution in [0.5, 0.6) is 0 Å². The van der Waals surface area contributed by atoms with Gasteiger partial charge in [0, 0.05) is 36.6 Å².